The fourth-order valence-corrected chi connectivity index (χ4v) is 2.84. The molecule has 100 valence electrons. The maximum atomic E-state index is 13.7. The number of aromatic nitrogens is 2. The number of nitrogens with zero attached hydrogens (tertiary/aromatic N) is 3. The highest BCUT2D eigenvalue weighted by Gasteiger charge is 2.19. The Bertz CT molecular complexity index is 634. The molecular weight excluding hydrogens is 313 g/mol. The maximum Gasteiger partial charge on any atom is 0.244 e. The predicted molar refractivity (Wildman–Crippen MR) is 73.2 cm³/mol. The van der Waals surface area contributed by atoms with Gasteiger partial charge in [-0.3, -0.25) is 9.48 Å². The van der Waals surface area contributed by atoms with Crippen LogP contribution in [0.15, 0.2) is 22.8 Å². The molecule has 4 nitrogen and oxygen atoms in total. The summed E-state index contributed by atoms with van der Waals surface area (Å²) in [6.45, 7) is 1.80. The Morgan fingerprint density at radius 3 is 2.84 bits per heavy atom. The van der Waals surface area contributed by atoms with Crippen molar-refractivity contribution in [2.45, 2.75) is 19.4 Å². The van der Waals surface area contributed by atoms with Crippen molar-refractivity contribution < 1.29 is 9.18 Å². The number of hydrogen-bond acceptors (Lipinski definition) is 2. The largest absolute Gasteiger partial charge is 0.341 e. The molecule has 3 rings (SSSR count). The molecule has 1 saturated heterocycles. The average molecular weight is 326 g/mol. The maximum absolute atomic E-state index is 13.7. The van der Waals surface area contributed by atoms with Gasteiger partial charge >= 0.3 is 0 Å². The van der Waals surface area contributed by atoms with Crippen LogP contribution in [0.5, 0.6) is 0 Å². The number of likely N-dealkylation sites (tertiary alicyclic amines) is 1. The number of carbonyl (C=O) groups excluding carboxylic acids is 1. The number of amides is 1. The third kappa shape index (κ3) is 2.36. The van der Waals surface area contributed by atoms with Gasteiger partial charge in [0.05, 0.1) is 17.1 Å². The second kappa shape index (κ2) is 4.92. The normalized spacial score (nSPS) is 15.4. The molecule has 1 aromatic carbocycles. The van der Waals surface area contributed by atoms with Gasteiger partial charge < -0.3 is 4.90 Å². The van der Waals surface area contributed by atoms with Crippen LogP contribution in [0.25, 0.3) is 10.9 Å². The molecule has 1 aromatic heterocycles. The summed E-state index contributed by atoms with van der Waals surface area (Å²) in [5, 5.41) is 4.56. The summed E-state index contributed by atoms with van der Waals surface area (Å²) >= 11 is 3.26. The predicted octanol–water partition coefficient (Wildman–Crippen LogP) is 2.56. The van der Waals surface area contributed by atoms with E-state index < -0.39 is 0 Å². The van der Waals surface area contributed by atoms with Gasteiger partial charge in [-0.1, -0.05) is 15.9 Å². The molecule has 6 heteroatoms. The van der Waals surface area contributed by atoms with E-state index in [-0.39, 0.29) is 18.3 Å². The number of halogens is 2. The van der Waals surface area contributed by atoms with Crippen LogP contribution < -0.4 is 0 Å². The topological polar surface area (TPSA) is 38.1 Å². The first-order valence-electron chi connectivity index (χ1n) is 6.23. The third-order valence-electron chi connectivity index (χ3n) is 3.42. The van der Waals surface area contributed by atoms with Crippen LogP contribution in [0.2, 0.25) is 0 Å². The molecule has 19 heavy (non-hydrogen) atoms. The number of fused-ring (bicyclic) bond motifs is 1. The standard InChI is InChI=1S/C13H13BrFN3O/c14-9-5-11(15)10-7-16-18(12(10)6-9)8-13(19)17-3-1-2-4-17/h5-7H,1-4,8H2. The Morgan fingerprint density at radius 2 is 2.11 bits per heavy atom. The van der Waals surface area contributed by atoms with Crippen molar-refractivity contribution in [2.75, 3.05) is 13.1 Å². The fourth-order valence-electron chi connectivity index (χ4n) is 2.42. The zero-order chi connectivity index (χ0) is 13.4. The van der Waals surface area contributed by atoms with Crippen molar-refractivity contribution in [1.29, 1.82) is 0 Å². The van der Waals surface area contributed by atoms with Crippen molar-refractivity contribution in [3.63, 3.8) is 0 Å². The summed E-state index contributed by atoms with van der Waals surface area (Å²) in [7, 11) is 0. The number of hydrogen-bond donors (Lipinski definition) is 0. The van der Waals surface area contributed by atoms with Gasteiger partial charge in [-0.25, -0.2) is 4.39 Å². The summed E-state index contributed by atoms with van der Waals surface area (Å²) < 4.78 is 15.9. The Balaban J connectivity index is 1.90. The van der Waals surface area contributed by atoms with E-state index in [9.17, 15) is 9.18 Å². The molecule has 0 atom stereocenters. The van der Waals surface area contributed by atoms with Crippen LogP contribution in [-0.2, 0) is 11.3 Å². The molecule has 0 spiro atoms. The number of carbonyl (C=O) groups is 1. The van der Waals surface area contributed by atoms with Gasteiger partial charge in [0.15, 0.2) is 0 Å². The molecule has 1 aliphatic rings. The van der Waals surface area contributed by atoms with Crippen LogP contribution in [-0.4, -0.2) is 33.7 Å². The van der Waals surface area contributed by atoms with Crippen LogP contribution in [0.1, 0.15) is 12.8 Å². The molecule has 1 fully saturated rings. The van der Waals surface area contributed by atoms with Gasteiger partial charge in [0.1, 0.15) is 12.4 Å². The van der Waals surface area contributed by atoms with Crippen LogP contribution >= 0.6 is 15.9 Å². The summed E-state index contributed by atoms with van der Waals surface area (Å²) in [6.07, 6.45) is 3.59. The van der Waals surface area contributed by atoms with E-state index in [1.54, 1.807) is 10.7 Å². The molecular formula is C13H13BrFN3O. The summed E-state index contributed by atoms with van der Waals surface area (Å²) in [4.78, 5) is 13.9. The Hall–Kier alpha value is -1.43. The van der Waals surface area contributed by atoms with Crippen LogP contribution in [0.4, 0.5) is 4.39 Å². The molecule has 0 saturated carbocycles. The summed E-state index contributed by atoms with van der Waals surface area (Å²) in [5.74, 6) is -0.285. The third-order valence-corrected chi connectivity index (χ3v) is 3.88. The minimum Gasteiger partial charge on any atom is -0.341 e. The van der Waals surface area contributed by atoms with Crippen molar-refractivity contribution in [2.24, 2.45) is 0 Å². The van der Waals surface area contributed by atoms with E-state index in [0.717, 1.165) is 25.9 Å². The van der Waals surface area contributed by atoms with E-state index in [4.69, 9.17) is 0 Å². The van der Waals surface area contributed by atoms with E-state index in [2.05, 4.69) is 21.0 Å². The number of benzene rings is 1. The Morgan fingerprint density at radius 1 is 1.37 bits per heavy atom. The number of rotatable bonds is 2. The molecule has 0 unspecified atom stereocenters. The van der Waals surface area contributed by atoms with Crippen LogP contribution in [0, 0.1) is 5.82 Å². The van der Waals surface area contributed by atoms with E-state index in [1.807, 2.05) is 4.90 Å². The molecule has 0 bridgehead atoms. The molecule has 2 heterocycles. The summed E-state index contributed by atoms with van der Waals surface area (Å²) in [5.41, 5.74) is 0.638. The van der Waals surface area contributed by atoms with Crippen LogP contribution in [0.3, 0.4) is 0 Å². The average Bonchev–Trinajstić information content (AvgIpc) is 2.99. The van der Waals surface area contributed by atoms with Gasteiger partial charge in [-0.2, -0.15) is 5.10 Å². The highest BCUT2D eigenvalue weighted by Crippen LogP contribution is 2.23. The van der Waals surface area contributed by atoms with Crippen molar-refractivity contribution in [1.82, 2.24) is 14.7 Å². The van der Waals surface area contributed by atoms with Crippen molar-refractivity contribution in [3.8, 4) is 0 Å². The minimum absolute atomic E-state index is 0.0443. The van der Waals surface area contributed by atoms with Gasteiger partial charge in [0.2, 0.25) is 5.91 Å². The lowest BCUT2D eigenvalue weighted by Gasteiger charge is -2.15. The monoisotopic (exact) mass is 325 g/mol. The Kier molecular flexibility index (Phi) is 3.26. The Labute approximate surface area is 118 Å². The first-order chi connectivity index (χ1) is 9.15. The van der Waals surface area contributed by atoms with Gasteiger partial charge in [-0.05, 0) is 25.0 Å². The second-order valence-corrected chi connectivity index (χ2v) is 5.63. The molecule has 0 aliphatic carbocycles. The fraction of sp³-hybridized carbons (Fsp3) is 0.385. The van der Waals surface area contributed by atoms with Crippen molar-refractivity contribution in [3.05, 3.63) is 28.6 Å². The first-order valence-corrected chi connectivity index (χ1v) is 7.03. The zero-order valence-corrected chi connectivity index (χ0v) is 11.9. The highest BCUT2D eigenvalue weighted by atomic mass is 79.9. The molecule has 1 aliphatic heterocycles. The van der Waals surface area contributed by atoms with Gasteiger partial charge in [-0.15, -0.1) is 0 Å². The molecule has 1 amide bonds. The van der Waals surface area contributed by atoms with Gasteiger partial charge in [0, 0.05) is 17.6 Å². The SMILES string of the molecule is O=C(Cn1ncc2c(F)cc(Br)cc21)N1CCCC1. The van der Waals surface area contributed by atoms with Gasteiger partial charge in [0.25, 0.3) is 0 Å². The molecule has 0 N–H and O–H groups in total. The van der Waals surface area contributed by atoms with Crippen molar-refractivity contribution >= 4 is 32.7 Å². The smallest absolute Gasteiger partial charge is 0.244 e. The summed E-state index contributed by atoms with van der Waals surface area (Å²) in [6, 6.07) is 3.18. The van der Waals surface area contributed by atoms with E-state index in [0.29, 0.717) is 15.4 Å². The first kappa shape index (κ1) is 12.6. The molecule has 0 radical (unpaired) electrons. The molecule has 2 aromatic rings. The quantitative estimate of drug-likeness (QED) is 0.851. The minimum atomic E-state index is -0.329. The highest BCUT2D eigenvalue weighted by molar-refractivity contribution is 9.10. The lowest BCUT2D eigenvalue weighted by Crippen LogP contribution is -2.31. The lowest BCUT2D eigenvalue weighted by molar-refractivity contribution is -0.130. The zero-order valence-electron chi connectivity index (χ0n) is 10.3. The van der Waals surface area contributed by atoms with E-state index >= 15 is 0 Å². The van der Waals surface area contributed by atoms with E-state index in [1.165, 1.54) is 12.3 Å². The lowest BCUT2D eigenvalue weighted by atomic mass is 10.2. The second-order valence-electron chi connectivity index (χ2n) is 4.71.